The van der Waals surface area contributed by atoms with E-state index in [1.165, 1.54) is 22.2 Å². The maximum absolute atomic E-state index is 12.4. The van der Waals surface area contributed by atoms with Gasteiger partial charge >= 0.3 is 6.03 Å². The Bertz CT molecular complexity index is 1110. The fourth-order valence-electron chi connectivity index (χ4n) is 4.72. The lowest BCUT2D eigenvalue weighted by Gasteiger charge is -2.24. The fraction of sp³-hybridized carbons (Fsp3) is 0.333. The first kappa shape index (κ1) is 18.0. The summed E-state index contributed by atoms with van der Waals surface area (Å²) in [5.74, 6) is 0.984. The molecule has 1 unspecified atom stereocenters. The number of hydrogen-bond acceptors (Lipinski definition) is 2. The van der Waals surface area contributed by atoms with Crippen LogP contribution in [0.25, 0.3) is 23.2 Å². The Morgan fingerprint density at radius 3 is 2.79 bits per heavy atom. The molecule has 0 saturated carbocycles. The third kappa shape index (κ3) is 3.01. The number of para-hydroxylation sites is 2. The van der Waals surface area contributed by atoms with Gasteiger partial charge in [-0.2, -0.15) is 0 Å². The number of rotatable bonds is 4. The van der Waals surface area contributed by atoms with Gasteiger partial charge in [-0.1, -0.05) is 36.4 Å². The second-order valence-electron chi connectivity index (χ2n) is 7.95. The van der Waals surface area contributed by atoms with Gasteiger partial charge in [0.1, 0.15) is 5.82 Å². The predicted octanol–water partition coefficient (Wildman–Crippen LogP) is 4.58. The van der Waals surface area contributed by atoms with E-state index in [-0.39, 0.29) is 12.1 Å². The molecule has 2 aromatic carbocycles. The minimum atomic E-state index is 0.158. The molecule has 1 aliphatic heterocycles. The monoisotopic (exact) mass is 386 g/mol. The Morgan fingerprint density at radius 2 is 2.00 bits per heavy atom. The number of urea groups is 1. The summed E-state index contributed by atoms with van der Waals surface area (Å²) in [7, 11) is 1.88. The number of aryl methyl sites for hydroxylation is 2. The molecule has 1 aromatic heterocycles. The maximum atomic E-state index is 12.4. The van der Waals surface area contributed by atoms with Crippen LogP contribution in [0, 0.1) is 0 Å². The molecule has 148 valence electrons. The normalized spacial score (nSPS) is 19.1. The summed E-state index contributed by atoms with van der Waals surface area (Å²) in [4.78, 5) is 21.0. The quantitative estimate of drug-likeness (QED) is 0.658. The van der Waals surface area contributed by atoms with Gasteiger partial charge in [0, 0.05) is 26.7 Å². The lowest BCUT2D eigenvalue weighted by molar-refractivity contribution is 0.182. The maximum Gasteiger partial charge on any atom is 0.320 e. The van der Waals surface area contributed by atoms with E-state index in [0.717, 1.165) is 43.8 Å². The van der Waals surface area contributed by atoms with Crippen LogP contribution in [0.1, 0.15) is 41.9 Å². The lowest BCUT2D eigenvalue weighted by atomic mass is 10.0. The molecule has 2 amide bonds. The van der Waals surface area contributed by atoms with Crippen LogP contribution in [0.15, 0.2) is 42.5 Å². The topological polar surface area (TPSA) is 41.4 Å². The number of imidazole rings is 1. The van der Waals surface area contributed by atoms with Crippen LogP contribution >= 0.6 is 0 Å². The molecule has 0 N–H and O–H groups in total. The van der Waals surface area contributed by atoms with Crippen LogP contribution in [0.3, 0.4) is 0 Å². The Kier molecular flexibility index (Phi) is 4.38. The number of hydrogen-bond donors (Lipinski definition) is 0. The van der Waals surface area contributed by atoms with Gasteiger partial charge in [-0.15, -0.1) is 0 Å². The van der Waals surface area contributed by atoms with E-state index in [0.29, 0.717) is 0 Å². The summed E-state index contributed by atoms with van der Waals surface area (Å²) in [6, 6.07) is 15.3. The first-order chi connectivity index (χ1) is 14.2. The molecule has 2 heterocycles. The van der Waals surface area contributed by atoms with Crippen LogP contribution in [0.5, 0.6) is 0 Å². The smallest absolute Gasteiger partial charge is 0.320 e. The molecule has 1 fully saturated rings. The van der Waals surface area contributed by atoms with Crippen LogP contribution in [0.4, 0.5) is 4.79 Å². The highest BCUT2D eigenvalue weighted by Crippen LogP contribution is 2.38. The van der Waals surface area contributed by atoms with Gasteiger partial charge in [-0.05, 0) is 54.7 Å². The highest BCUT2D eigenvalue weighted by Gasteiger charge is 2.35. The van der Waals surface area contributed by atoms with E-state index in [1.807, 2.05) is 22.9 Å². The Labute approximate surface area is 171 Å². The number of benzene rings is 2. The zero-order valence-electron chi connectivity index (χ0n) is 17.0. The van der Waals surface area contributed by atoms with Crippen molar-refractivity contribution in [1.82, 2.24) is 19.4 Å². The summed E-state index contributed by atoms with van der Waals surface area (Å²) >= 11 is 0. The molecule has 2 aliphatic rings. The molecule has 5 nitrogen and oxygen atoms in total. The summed E-state index contributed by atoms with van der Waals surface area (Å²) in [6.07, 6.45) is 6.31. The lowest BCUT2D eigenvalue weighted by Crippen LogP contribution is -2.32. The van der Waals surface area contributed by atoms with Crippen molar-refractivity contribution in [2.24, 2.45) is 0 Å². The van der Waals surface area contributed by atoms with Gasteiger partial charge in [0.25, 0.3) is 0 Å². The van der Waals surface area contributed by atoms with Gasteiger partial charge in [0.2, 0.25) is 0 Å². The van der Waals surface area contributed by atoms with Crippen molar-refractivity contribution in [3.05, 3.63) is 65.0 Å². The number of carbonyl (C=O) groups is 1. The average molecular weight is 386 g/mol. The van der Waals surface area contributed by atoms with E-state index in [2.05, 4.69) is 60.0 Å². The third-order valence-corrected chi connectivity index (χ3v) is 6.26. The van der Waals surface area contributed by atoms with Crippen LogP contribution < -0.4 is 0 Å². The second kappa shape index (κ2) is 7.07. The first-order valence-electron chi connectivity index (χ1n) is 10.4. The first-order valence-corrected chi connectivity index (χ1v) is 10.4. The molecular formula is C24H26N4O. The molecule has 29 heavy (non-hydrogen) atoms. The summed E-state index contributed by atoms with van der Waals surface area (Å²) in [5, 5.41) is 0. The number of amides is 2. The van der Waals surface area contributed by atoms with Crippen LogP contribution in [-0.2, 0) is 13.0 Å². The molecular weight excluding hydrogens is 360 g/mol. The van der Waals surface area contributed by atoms with E-state index < -0.39 is 0 Å². The van der Waals surface area contributed by atoms with Gasteiger partial charge < -0.3 is 14.4 Å². The summed E-state index contributed by atoms with van der Waals surface area (Å²) < 4.78 is 2.24. The Hall–Kier alpha value is -3.08. The molecule has 1 saturated heterocycles. The molecule has 0 spiro atoms. The number of carbonyl (C=O) groups excluding carboxylic acids is 1. The van der Waals surface area contributed by atoms with Crippen molar-refractivity contribution in [2.75, 3.05) is 20.1 Å². The number of aromatic nitrogens is 2. The minimum Gasteiger partial charge on any atom is -0.326 e. The third-order valence-electron chi connectivity index (χ3n) is 6.26. The Morgan fingerprint density at radius 1 is 1.14 bits per heavy atom. The molecule has 0 radical (unpaired) electrons. The summed E-state index contributed by atoms with van der Waals surface area (Å²) in [6.45, 7) is 4.70. The van der Waals surface area contributed by atoms with Gasteiger partial charge in [-0.25, -0.2) is 9.78 Å². The zero-order valence-corrected chi connectivity index (χ0v) is 17.0. The second-order valence-corrected chi connectivity index (χ2v) is 7.95. The van der Waals surface area contributed by atoms with Gasteiger partial charge in [0.05, 0.1) is 17.1 Å². The van der Waals surface area contributed by atoms with E-state index in [4.69, 9.17) is 4.98 Å². The minimum absolute atomic E-state index is 0.158. The molecule has 1 aliphatic carbocycles. The van der Waals surface area contributed by atoms with Crippen molar-refractivity contribution >= 4 is 29.2 Å². The number of fused-ring (bicyclic) bond motifs is 2. The molecule has 1 atom stereocenters. The van der Waals surface area contributed by atoms with Crippen LogP contribution in [-0.4, -0.2) is 45.5 Å². The predicted molar refractivity (Wildman–Crippen MR) is 117 cm³/mol. The van der Waals surface area contributed by atoms with E-state index in [9.17, 15) is 4.79 Å². The van der Waals surface area contributed by atoms with Gasteiger partial charge in [-0.3, -0.25) is 0 Å². The fourth-order valence-corrected chi connectivity index (χ4v) is 4.72. The average Bonchev–Trinajstić information content (AvgIpc) is 3.41. The van der Waals surface area contributed by atoms with E-state index in [1.54, 1.807) is 0 Å². The SMILES string of the molecule is CCn1c(/C=C/c2ccc3c(c2)CCC3N2CCN(C)C2=O)nc2ccccc21. The zero-order chi connectivity index (χ0) is 20.0. The molecule has 5 rings (SSSR count). The van der Waals surface area contributed by atoms with Crippen LogP contribution in [0.2, 0.25) is 0 Å². The van der Waals surface area contributed by atoms with Crippen molar-refractivity contribution in [2.45, 2.75) is 32.4 Å². The van der Waals surface area contributed by atoms with Crippen molar-refractivity contribution in [3.8, 4) is 0 Å². The number of nitrogens with zero attached hydrogens (tertiary/aromatic N) is 4. The molecule has 5 heteroatoms. The molecule has 3 aromatic rings. The largest absolute Gasteiger partial charge is 0.326 e. The van der Waals surface area contributed by atoms with Crippen molar-refractivity contribution in [3.63, 3.8) is 0 Å². The Balaban J connectivity index is 1.41. The standard InChI is InChI=1S/C24H26N4O/c1-3-27-22-7-5-4-6-20(22)25-23(27)13-9-17-8-11-19-18(16-17)10-12-21(19)28-15-14-26(2)24(28)29/h4-9,11,13,16,21H,3,10,12,14-15H2,1-2H3/b13-9+. The summed E-state index contributed by atoms with van der Waals surface area (Å²) in [5.41, 5.74) is 6.07. The van der Waals surface area contributed by atoms with Crippen molar-refractivity contribution in [1.29, 1.82) is 0 Å². The number of likely N-dealkylation sites (N-methyl/N-ethyl adjacent to an activating group) is 1. The van der Waals surface area contributed by atoms with E-state index >= 15 is 0 Å². The highest BCUT2D eigenvalue weighted by atomic mass is 16.2. The molecule has 0 bridgehead atoms. The van der Waals surface area contributed by atoms with Crippen molar-refractivity contribution < 1.29 is 4.79 Å². The highest BCUT2D eigenvalue weighted by molar-refractivity contribution is 5.80. The van der Waals surface area contributed by atoms with Gasteiger partial charge in [0.15, 0.2) is 0 Å².